The Hall–Kier alpha value is -2.82. The number of nitrogens with one attached hydrogen (secondary N) is 2. The van der Waals surface area contributed by atoms with Crippen LogP contribution in [0.2, 0.25) is 0 Å². The molecule has 2 N–H and O–H groups in total. The van der Waals surface area contributed by atoms with Gasteiger partial charge in [-0.15, -0.1) is 0 Å². The molecule has 1 atom stereocenters. The molecule has 0 radical (unpaired) electrons. The minimum atomic E-state index is -0.184. The molecule has 1 heterocycles. The number of carbonyl (C=O) groups is 2. The molecule has 0 aromatic heterocycles. The maximum Gasteiger partial charge on any atom is 0.321 e. The van der Waals surface area contributed by atoms with E-state index in [2.05, 4.69) is 17.6 Å². The summed E-state index contributed by atoms with van der Waals surface area (Å²) in [5.41, 5.74) is 2.81. The van der Waals surface area contributed by atoms with Crippen molar-refractivity contribution in [3.8, 4) is 0 Å². The lowest BCUT2D eigenvalue weighted by Crippen LogP contribution is -2.45. The van der Waals surface area contributed by atoms with Crippen molar-refractivity contribution >= 4 is 23.3 Å². The third-order valence-corrected chi connectivity index (χ3v) is 4.73. The minimum absolute atomic E-state index is 0.0218. The second-order valence-corrected chi connectivity index (χ2v) is 6.62. The molecular formula is C21H25N3O2. The van der Waals surface area contributed by atoms with Crippen LogP contribution in [0.25, 0.3) is 0 Å². The molecule has 3 rings (SSSR count). The zero-order chi connectivity index (χ0) is 18.4. The summed E-state index contributed by atoms with van der Waals surface area (Å²) in [7, 11) is 0. The van der Waals surface area contributed by atoms with Gasteiger partial charge in [-0.25, -0.2) is 4.79 Å². The molecule has 2 aromatic rings. The van der Waals surface area contributed by atoms with E-state index in [0.717, 1.165) is 30.6 Å². The van der Waals surface area contributed by atoms with E-state index < -0.39 is 0 Å². The predicted molar refractivity (Wildman–Crippen MR) is 104 cm³/mol. The van der Waals surface area contributed by atoms with Gasteiger partial charge in [-0.05, 0) is 49.1 Å². The Morgan fingerprint density at radius 1 is 1.00 bits per heavy atom. The van der Waals surface area contributed by atoms with Gasteiger partial charge < -0.3 is 15.5 Å². The van der Waals surface area contributed by atoms with E-state index >= 15 is 0 Å². The molecule has 1 aliphatic heterocycles. The highest BCUT2D eigenvalue weighted by atomic mass is 16.2. The summed E-state index contributed by atoms with van der Waals surface area (Å²) >= 11 is 0. The highest BCUT2D eigenvalue weighted by Gasteiger charge is 2.28. The molecule has 0 aliphatic carbocycles. The molecule has 0 bridgehead atoms. The van der Waals surface area contributed by atoms with Crippen LogP contribution >= 0.6 is 0 Å². The third-order valence-electron chi connectivity index (χ3n) is 4.73. The first-order valence-corrected chi connectivity index (χ1v) is 9.16. The maximum atomic E-state index is 12.6. The number of anilines is 2. The van der Waals surface area contributed by atoms with Crippen LogP contribution in [0.3, 0.4) is 0 Å². The van der Waals surface area contributed by atoms with E-state index in [-0.39, 0.29) is 17.9 Å². The van der Waals surface area contributed by atoms with Gasteiger partial charge in [-0.3, -0.25) is 4.79 Å². The lowest BCUT2D eigenvalue weighted by Gasteiger charge is -2.32. The summed E-state index contributed by atoms with van der Waals surface area (Å²) < 4.78 is 0. The second kappa shape index (κ2) is 8.52. The van der Waals surface area contributed by atoms with E-state index in [4.69, 9.17) is 0 Å². The Morgan fingerprint density at radius 2 is 1.69 bits per heavy atom. The van der Waals surface area contributed by atoms with Crippen molar-refractivity contribution in [3.63, 3.8) is 0 Å². The molecular weight excluding hydrogens is 326 g/mol. The topological polar surface area (TPSA) is 61.4 Å². The average Bonchev–Trinajstić information content (AvgIpc) is 2.69. The zero-order valence-corrected chi connectivity index (χ0v) is 15.1. The van der Waals surface area contributed by atoms with Crippen LogP contribution < -0.4 is 10.6 Å². The Balaban J connectivity index is 1.56. The summed E-state index contributed by atoms with van der Waals surface area (Å²) in [5, 5.41) is 5.86. The molecule has 1 unspecified atom stereocenters. The fourth-order valence-electron chi connectivity index (χ4n) is 3.17. The molecule has 26 heavy (non-hydrogen) atoms. The Morgan fingerprint density at radius 3 is 2.38 bits per heavy atom. The molecule has 1 fully saturated rings. The number of hydrogen-bond donors (Lipinski definition) is 2. The van der Waals surface area contributed by atoms with Crippen molar-refractivity contribution in [2.45, 2.75) is 26.2 Å². The van der Waals surface area contributed by atoms with Crippen molar-refractivity contribution in [1.29, 1.82) is 0 Å². The minimum Gasteiger partial charge on any atom is -0.326 e. The van der Waals surface area contributed by atoms with E-state index in [0.29, 0.717) is 13.1 Å². The fraction of sp³-hybridized carbons (Fsp3) is 0.333. The predicted octanol–water partition coefficient (Wildman–Crippen LogP) is 4.13. The number of likely N-dealkylation sites (tertiary alicyclic amines) is 1. The first-order valence-electron chi connectivity index (χ1n) is 9.16. The molecule has 3 amide bonds. The smallest absolute Gasteiger partial charge is 0.321 e. The Labute approximate surface area is 154 Å². The molecule has 5 heteroatoms. The monoisotopic (exact) mass is 351 g/mol. The number of carbonyl (C=O) groups excluding carboxylic acids is 2. The van der Waals surface area contributed by atoms with Crippen LogP contribution in [0, 0.1) is 5.92 Å². The Kier molecular flexibility index (Phi) is 5.89. The van der Waals surface area contributed by atoms with Crippen molar-refractivity contribution in [3.05, 3.63) is 60.2 Å². The van der Waals surface area contributed by atoms with Crippen molar-refractivity contribution in [2.75, 3.05) is 23.7 Å². The molecule has 136 valence electrons. The fourth-order valence-corrected chi connectivity index (χ4v) is 3.17. The van der Waals surface area contributed by atoms with Gasteiger partial charge in [-0.1, -0.05) is 37.3 Å². The van der Waals surface area contributed by atoms with Gasteiger partial charge in [0, 0.05) is 24.5 Å². The highest BCUT2D eigenvalue weighted by molar-refractivity contribution is 5.94. The van der Waals surface area contributed by atoms with Gasteiger partial charge in [-0.2, -0.15) is 0 Å². The largest absolute Gasteiger partial charge is 0.326 e. The van der Waals surface area contributed by atoms with E-state index in [1.807, 2.05) is 54.6 Å². The molecule has 1 saturated heterocycles. The number of hydrogen-bond acceptors (Lipinski definition) is 2. The normalized spacial score (nSPS) is 16.8. The van der Waals surface area contributed by atoms with Gasteiger partial charge in [0.25, 0.3) is 0 Å². The number of para-hydroxylation sites is 1. The van der Waals surface area contributed by atoms with Crippen molar-refractivity contribution in [2.24, 2.45) is 5.92 Å². The van der Waals surface area contributed by atoms with E-state index in [1.54, 1.807) is 4.90 Å². The molecule has 5 nitrogen and oxygen atoms in total. The van der Waals surface area contributed by atoms with Crippen molar-refractivity contribution < 1.29 is 9.59 Å². The number of benzene rings is 2. The summed E-state index contributed by atoms with van der Waals surface area (Å²) in [5.74, 6) is -0.206. The van der Waals surface area contributed by atoms with Crippen molar-refractivity contribution in [1.82, 2.24) is 4.90 Å². The second-order valence-electron chi connectivity index (χ2n) is 6.62. The highest BCUT2D eigenvalue weighted by Crippen LogP contribution is 2.20. The maximum absolute atomic E-state index is 12.6. The van der Waals surface area contributed by atoms with Crippen LogP contribution in [0.5, 0.6) is 0 Å². The lowest BCUT2D eigenvalue weighted by atomic mass is 9.97. The number of nitrogens with zero attached hydrogens (tertiary/aromatic N) is 1. The molecule has 2 aromatic carbocycles. The van der Waals surface area contributed by atoms with Crippen LogP contribution in [-0.4, -0.2) is 29.9 Å². The third kappa shape index (κ3) is 4.63. The SMILES string of the molecule is CCc1ccc(NC(=O)C2CCCN(C(=O)Nc3ccccc3)C2)cc1. The Bertz CT molecular complexity index is 744. The first-order chi connectivity index (χ1) is 12.7. The van der Waals surface area contributed by atoms with E-state index in [1.165, 1.54) is 5.56 Å². The summed E-state index contributed by atoms with van der Waals surface area (Å²) in [4.78, 5) is 26.7. The number of piperidine rings is 1. The van der Waals surface area contributed by atoms with Crippen LogP contribution in [0.4, 0.5) is 16.2 Å². The van der Waals surface area contributed by atoms with Gasteiger partial charge in [0.1, 0.15) is 0 Å². The summed E-state index contributed by atoms with van der Waals surface area (Å²) in [6, 6.07) is 17.1. The quantitative estimate of drug-likeness (QED) is 0.870. The average molecular weight is 351 g/mol. The van der Waals surface area contributed by atoms with E-state index in [9.17, 15) is 9.59 Å². The number of urea groups is 1. The standard InChI is InChI=1S/C21H25N3O2/c1-2-16-10-12-19(13-11-16)22-20(25)17-7-6-14-24(15-17)21(26)23-18-8-4-3-5-9-18/h3-5,8-13,17H,2,6-7,14-15H2,1H3,(H,22,25)(H,23,26). The summed E-state index contributed by atoms with van der Waals surface area (Å²) in [6.45, 7) is 3.22. The van der Waals surface area contributed by atoms with Gasteiger partial charge in [0.05, 0.1) is 5.92 Å². The van der Waals surface area contributed by atoms with Gasteiger partial charge in [0.15, 0.2) is 0 Å². The molecule has 1 aliphatic rings. The number of aryl methyl sites for hydroxylation is 1. The lowest BCUT2D eigenvalue weighted by molar-refractivity contribution is -0.121. The zero-order valence-electron chi connectivity index (χ0n) is 15.1. The van der Waals surface area contributed by atoms with Gasteiger partial charge in [0.2, 0.25) is 5.91 Å². The first kappa shape index (κ1) is 18.0. The molecule has 0 saturated carbocycles. The number of amides is 3. The molecule has 0 spiro atoms. The summed E-state index contributed by atoms with van der Waals surface area (Å²) in [6.07, 6.45) is 2.60. The van der Waals surface area contributed by atoms with Crippen LogP contribution in [0.15, 0.2) is 54.6 Å². The van der Waals surface area contributed by atoms with Crippen LogP contribution in [-0.2, 0) is 11.2 Å². The van der Waals surface area contributed by atoms with Crippen LogP contribution in [0.1, 0.15) is 25.3 Å². The number of rotatable bonds is 4. The van der Waals surface area contributed by atoms with Gasteiger partial charge >= 0.3 is 6.03 Å².